The summed E-state index contributed by atoms with van der Waals surface area (Å²) in [5.41, 5.74) is 4.20. The maximum atomic E-state index is 12.3. The molecule has 1 aliphatic carbocycles. The molecule has 1 aromatic heterocycles. The van der Waals surface area contributed by atoms with Crippen LogP contribution in [0.25, 0.3) is 5.69 Å². The average molecular weight is 345 g/mol. The van der Waals surface area contributed by atoms with E-state index in [0.717, 1.165) is 29.7 Å². The van der Waals surface area contributed by atoms with E-state index in [1.807, 2.05) is 32.0 Å². The molecule has 4 rings (SSSR count). The lowest BCUT2D eigenvalue weighted by Crippen LogP contribution is -2.18. The number of aryl methyl sites for hydroxylation is 2. The maximum absolute atomic E-state index is 12.3. The van der Waals surface area contributed by atoms with E-state index in [1.165, 1.54) is 0 Å². The van der Waals surface area contributed by atoms with E-state index in [9.17, 15) is 13.2 Å². The zero-order chi connectivity index (χ0) is 17.1. The highest BCUT2D eigenvalue weighted by Crippen LogP contribution is 2.36. The number of sulfone groups is 1. The number of carbonyl (C=O) groups is 1. The molecule has 2 heterocycles. The Morgan fingerprint density at radius 2 is 2.00 bits per heavy atom. The third-order valence-corrected chi connectivity index (χ3v) is 6.00. The summed E-state index contributed by atoms with van der Waals surface area (Å²) in [7, 11) is -3.17. The first kappa shape index (κ1) is 15.4. The molecule has 2 aliphatic rings. The van der Waals surface area contributed by atoms with Crippen LogP contribution in [0, 0.1) is 19.8 Å². The first-order valence-electron chi connectivity index (χ1n) is 8.04. The van der Waals surface area contributed by atoms with Crippen molar-refractivity contribution < 1.29 is 13.2 Å². The monoisotopic (exact) mass is 345 g/mol. The van der Waals surface area contributed by atoms with Crippen molar-refractivity contribution in [2.45, 2.75) is 38.2 Å². The smallest absolute Gasteiger partial charge is 0.228 e. The van der Waals surface area contributed by atoms with E-state index in [-0.39, 0.29) is 23.3 Å². The number of nitrogens with zero attached hydrogens (tertiary/aromatic N) is 2. The van der Waals surface area contributed by atoms with E-state index in [4.69, 9.17) is 0 Å². The third-order valence-electron chi connectivity index (χ3n) is 4.56. The van der Waals surface area contributed by atoms with Crippen molar-refractivity contribution in [2.24, 2.45) is 5.92 Å². The standard InChI is InChI=1S/C17H19N3O3S/c1-10-3-6-15(11(2)7-10)20-16(18-17(21)12-4-5-12)13-8-24(22,23)9-14(13)19-20/h3,6-7,12H,4-5,8-9H2,1-2H3,(H,18,21). The molecule has 24 heavy (non-hydrogen) atoms. The summed E-state index contributed by atoms with van der Waals surface area (Å²) < 4.78 is 25.5. The molecule has 126 valence electrons. The summed E-state index contributed by atoms with van der Waals surface area (Å²) in [6.45, 7) is 4.00. The minimum Gasteiger partial charge on any atom is -0.310 e. The van der Waals surface area contributed by atoms with Gasteiger partial charge in [0.2, 0.25) is 5.91 Å². The molecule has 6 nitrogen and oxygen atoms in total. The van der Waals surface area contributed by atoms with Crippen LogP contribution in [-0.4, -0.2) is 24.1 Å². The van der Waals surface area contributed by atoms with Crippen LogP contribution in [0.1, 0.15) is 35.2 Å². The van der Waals surface area contributed by atoms with Crippen LogP contribution in [0.4, 0.5) is 5.82 Å². The molecule has 1 saturated carbocycles. The van der Waals surface area contributed by atoms with E-state index in [1.54, 1.807) is 4.68 Å². The van der Waals surface area contributed by atoms with Gasteiger partial charge in [-0.3, -0.25) is 4.79 Å². The number of hydrogen-bond acceptors (Lipinski definition) is 4. The summed E-state index contributed by atoms with van der Waals surface area (Å²) in [5, 5.41) is 7.43. The largest absolute Gasteiger partial charge is 0.310 e. The SMILES string of the molecule is Cc1ccc(-n2nc3c(c2NC(=O)C2CC2)CS(=O)(=O)C3)c(C)c1. The number of nitrogens with one attached hydrogen (secondary N) is 1. The maximum Gasteiger partial charge on any atom is 0.228 e. The van der Waals surface area contributed by atoms with Gasteiger partial charge in [0.1, 0.15) is 5.82 Å². The molecule has 0 spiro atoms. The summed E-state index contributed by atoms with van der Waals surface area (Å²) in [6, 6.07) is 5.98. The molecular formula is C17H19N3O3S. The zero-order valence-corrected chi connectivity index (χ0v) is 14.5. The van der Waals surface area contributed by atoms with Gasteiger partial charge in [-0.15, -0.1) is 0 Å². The van der Waals surface area contributed by atoms with Gasteiger partial charge in [-0.1, -0.05) is 17.7 Å². The second-order valence-corrected chi connectivity index (χ2v) is 8.84. The summed E-state index contributed by atoms with van der Waals surface area (Å²) in [6.07, 6.45) is 1.79. The highest BCUT2D eigenvalue weighted by molar-refractivity contribution is 7.90. The molecule has 0 radical (unpaired) electrons. The number of anilines is 1. The number of carbonyl (C=O) groups excluding carboxylic acids is 1. The lowest BCUT2D eigenvalue weighted by Gasteiger charge is -2.13. The minimum atomic E-state index is -3.17. The van der Waals surface area contributed by atoms with Gasteiger partial charge in [0.15, 0.2) is 9.84 Å². The predicted octanol–water partition coefficient (Wildman–Crippen LogP) is 2.27. The van der Waals surface area contributed by atoms with Gasteiger partial charge < -0.3 is 5.32 Å². The van der Waals surface area contributed by atoms with E-state index < -0.39 is 9.84 Å². The first-order chi connectivity index (χ1) is 11.3. The van der Waals surface area contributed by atoms with Gasteiger partial charge in [0.05, 0.1) is 22.9 Å². The molecule has 0 atom stereocenters. The van der Waals surface area contributed by atoms with Crippen LogP contribution in [0.5, 0.6) is 0 Å². The van der Waals surface area contributed by atoms with Crippen molar-refractivity contribution in [3.05, 3.63) is 40.6 Å². The van der Waals surface area contributed by atoms with Crippen molar-refractivity contribution >= 4 is 21.6 Å². The van der Waals surface area contributed by atoms with E-state index in [2.05, 4.69) is 10.4 Å². The summed E-state index contributed by atoms with van der Waals surface area (Å²) >= 11 is 0. The molecule has 1 N–H and O–H groups in total. The van der Waals surface area contributed by atoms with Crippen LogP contribution >= 0.6 is 0 Å². The Morgan fingerprint density at radius 1 is 1.25 bits per heavy atom. The fourth-order valence-electron chi connectivity index (χ4n) is 3.15. The minimum absolute atomic E-state index is 0.0427. The van der Waals surface area contributed by atoms with E-state index >= 15 is 0 Å². The van der Waals surface area contributed by atoms with Crippen LogP contribution in [0.2, 0.25) is 0 Å². The Balaban J connectivity index is 1.83. The number of amides is 1. The van der Waals surface area contributed by atoms with Crippen molar-refractivity contribution in [1.29, 1.82) is 0 Å². The fourth-order valence-corrected chi connectivity index (χ4v) is 4.65. The second-order valence-electron chi connectivity index (χ2n) is 6.77. The number of fused-ring (bicyclic) bond motifs is 1. The number of benzene rings is 1. The molecule has 1 fully saturated rings. The average Bonchev–Trinajstić information content (AvgIpc) is 3.23. The van der Waals surface area contributed by atoms with Crippen LogP contribution in [-0.2, 0) is 26.1 Å². The van der Waals surface area contributed by atoms with Gasteiger partial charge in [-0.2, -0.15) is 5.10 Å². The van der Waals surface area contributed by atoms with Crippen molar-refractivity contribution in [2.75, 3.05) is 5.32 Å². The summed E-state index contributed by atoms with van der Waals surface area (Å²) in [5.74, 6) is 0.379. The Labute approximate surface area is 140 Å². The Bertz CT molecular complexity index is 956. The number of hydrogen-bond donors (Lipinski definition) is 1. The molecule has 7 heteroatoms. The second kappa shape index (κ2) is 5.17. The third kappa shape index (κ3) is 2.62. The van der Waals surface area contributed by atoms with Crippen LogP contribution in [0.3, 0.4) is 0 Å². The topological polar surface area (TPSA) is 81.1 Å². The zero-order valence-electron chi connectivity index (χ0n) is 13.7. The molecular weight excluding hydrogens is 326 g/mol. The van der Waals surface area contributed by atoms with Crippen molar-refractivity contribution in [1.82, 2.24) is 9.78 Å². The van der Waals surface area contributed by atoms with Crippen molar-refractivity contribution in [3.63, 3.8) is 0 Å². The van der Waals surface area contributed by atoms with Crippen LogP contribution < -0.4 is 5.32 Å². The normalized spacial score (nSPS) is 18.4. The predicted molar refractivity (Wildman–Crippen MR) is 90.7 cm³/mol. The molecule has 0 bridgehead atoms. The lowest BCUT2D eigenvalue weighted by atomic mass is 10.1. The van der Waals surface area contributed by atoms with Gasteiger partial charge in [-0.25, -0.2) is 13.1 Å². The van der Waals surface area contributed by atoms with E-state index in [0.29, 0.717) is 17.1 Å². The molecule has 1 aliphatic heterocycles. The van der Waals surface area contributed by atoms with Gasteiger partial charge in [0, 0.05) is 11.5 Å². The first-order valence-corrected chi connectivity index (χ1v) is 9.86. The van der Waals surface area contributed by atoms with Crippen LogP contribution in [0.15, 0.2) is 18.2 Å². The number of rotatable bonds is 3. The molecule has 0 saturated heterocycles. The molecule has 2 aromatic rings. The fraction of sp³-hybridized carbons (Fsp3) is 0.412. The van der Waals surface area contributed by atoms with Gasteiger partial charge in [-0.05, 0) is 38.3 Å². The lowest BCUT2D eigenvalue weighted by molar-refractivity contribution is -0.117. The Hall–Kier alpha value is -2.15. The summed E-state index contributed by atoms with van der Waals surface area (Å²) in [4.78, 5) is 12.3. The molecule has 0 unspecified atom stereocenters. The number of aromatic nitrogens is 2. The van der Waals surface area contributed by atoms with Gasteiger partial charge in [0.25, 0.3) is 0 Å². The Kier molecular flexibility index (Phi) is 3.32. The molecule has 1 amide bonds. The quantitative estimate of drug-likeness (QED) is 0.925. The van der Waals surface area contributed by atoms with Gasteiger partial charge >= 0.3 is 0 Å². The highest BCUT2D eigenvalue weighted by atomic mass is 32.2. The Morgan fingerprint density at radius 3 is 2.67 bits per heavy atom. The molecule has 1 aromatic carbocycles. The van der Waals surface area contributed by atoms with Crippen molar-refractivity contribution in [3.8, 4) is 5.69 Å². The highest BCUT2D eigenvalue weighted by Gasteiger charge is 2.36.